The first-order chi connectivity index (χ1) is 5.07. The van der Waals surface area contributed by atoms with Gasteiger partial charge in [0.2, 0.25) is 0 Å². The Bertz CT molecular complexity index is 133. The molecule has 11 heavy (non-hydrogen) atoms. The number of nitrogens with two attached hydrogens (primary N) is 2. The summed E-state index contributed by atoms with van der Waals surface area (Å²) in [6, 6.07) is -0.813. The maximum atomic E-state index is 10.1. The molecule has 66 valence electrons. The average Bonchev–Trinajstić information content (AvgIpc) is 1.86. The Labute approximate surface area is 67.9 Å². The number of hydrogen-bond donors (Lipinski definition) is 4. The first-order valence-electron chi connectivity index (χ1n) is 2.77. The van der Waals surface area contributed by atoms with Crippen molar-refractivity contribution in [1.29, 1.82) is 0 Å². The lowest BCUT2D eigenvalue weighted by Gasteiger charge is -2.15. The quantitative estimate of drug-likeness (QED) is 0.325. The van der Waals surface area contributed by atoms with Gasteiger partial charge in [-0.2, -0.15) is 0 Å². The van der Waals surface area contributed by atoms with Crippen molar-refractivity contribution in [2.24, 2.45) is 11.5 Å². The van der Waals surface area contributed by atoms with E-state index in [9.17, 15) is 4.79 Å². The van der Waals surface area contributed by atoms with Gasteiger partial charge in [-0.1, -0.05) is 0 Å². The summed E-state index contributed by atoms with van der Waals surface area (Å²) >= 11 is 0.0672. The normalized spacial score (nSPS) is 15.9. The van der Waals surface area contributed by atoms with Gasteiger partial charge in [-0.3, -0.25) is 8.98 Å². The second-order valence-electron chi connectivity index (χ2n) is 1.90. The molecule has 2 atom stereocenters. The largest absolute Gasteiger partial charge is 0.481 e. The van der Waals surface area contributed by atoms with Gasteiger partial charge in [0.25, 0.3) is 0 Å². The average molecular weight is 182 g/mol. The minimum atomic E-state index is -1.06. The van der Waals surface area contributed by atoms with Gasteiger partial charge in [0.15, 0.2) is 12.3 Å². The molecule has 0 aliphatic rings. The van der Waals surface area contributed by atoms with Gasteiger partial charge in [-0.25, -0.2) is 0 Å². The maximum absolute atomic E-state index is 10.1. The van der Waals surface area contributed by atoms with Gasteiger partial charge in [-0.05, 0) is 0 Å². The molecular weight excluding hydrogens is 172 g/mol. The van der Waals surface area contributed by atoms with Crippen LogP contribution in [-0.2, 0) is 8.98 Å². The van der Waals surface area contributed by atoms with Crippen LogP contribution in [0.3, 0.4) is 0 Å². The summed E-state index contributed by atoms with van der Waals surface area (Å²) in [6.07, 6.45) is -1.26. The van der Waals surface area contributed by atoms with Crippen LogP contribution in [0.4, 0.5) is 0 Å². The van der Waals surface area contributed by atoms with Crippen molar-refractivity contribution in [2.75, 3.05) is 0 Å². The SMILES string of the molecule is NC(CC(=O)O)C(N)OSO. The summed E-state index contributed by atoms with van der Waals surface area (Å²) < 4.78 is 12.5. The molecule has 0 spiro atoms. The highest BCUT2D eigenvalue weighted by Crippen LogP contribution is 2.02. The van der Waals surface area contributed by atoms with Gasteiger partial charge in [0, 0.05) is 0 Å². The Morgan fingerprint density at radius 1 is 1.64 bits per heavy atom. The van der Waals surface area contributed by atoms with E-state index < -0.39 is 18.2 Å². The predicted octanol–water partition coefficient (Wildman–Crippen LogP) is -0.789. The molecule has 0 saturated heterocycles. The molecule has 0 aliphatic heterocycles. The second kappa shape index (κ2) is 5.33. The third kappa shape index (κ3) is 4.99. The summed E-state index contributed by atoms with van der Waals surface area (Å²) in [6.45, 7) is 0. The van der Waals surface area contributed by atoms with Crippen molar-refractivity contribution in [3.05, 3.63) is 0 Å². The smallest absolute Gasteiger partial charge is 0.305 e. The third-order valence-corrected chi connectivity index (χ3v) is 1.29. The molecule has 0 aromatic rings. The highest BCUT2D eigenvalue weighted by atomic mass is 32.2. The van der Waals surface area contributed by atoms with Crippen LogP contribution >= 0.6 is 12.3 Å². The van der Waals surface area contributed by atoms with Crippen molar-refractivity contribution in [3.8, 4) is 0 Å². The molecule has 0 heterocycles. The van der Waals surface area contributed by atoms with E-state index in [1.807, 2.05) is 0 Å². The Balaban J connectivity index is 3.63. The Morgan fingerprint density at radius 2 is 2.18 bits per heavy atom. The molecule has 0 saturated carbocycles. The zero-order chi connectivity index (χ0) is 8.85. The minimum absolute atomic E-state index is 0.0672. The molecule has 0 amide bonds. The molecule has 0 radical (unpaired) electrons. The van der Waals surface area contributed by atoms with Crippen LogP contribution in [0.5, 0.6) is 0 Å². The van der Waals surface area contributed by atoms with Crippen molar-refractivity contribution in [2.45, 2.75) is 18.7 Å². The minimum Gasteiger partial charge on any atom is -0.481 e. The number of carboxylic acid groups (broad SMARTS) is 1. The van der Waals surface area contributed by atoms with Gasteiger partial charge in [0.1, 0.15) is 6.23 Å². The van der Waals surface area contributed by atoms with Crippen LogP contribution in [0.25, 0.3) is 0 Å². The van der Waals surface area contributed by atoms with Crippen LogP contribution in [0.15, 0.2) is 0 Å². The molecule has 0 fully saturated rings. The van der Waals surface area contributed by atoms with E-state index in [0.29, 0.717) is 0 Å². The molecule has 0 bridgehead atoms. The standard InChI is InChI=1S/C4H10N2O4S/c5-2(1-3(7)8)4(6)10-11-9/h2,4,9H,1,5-6H2,(H,7,8). The fourth-order valence-corrected chi connectivity index (χ4v) is 0.681. The number of carbonyl (C=O) groups is 1. The summed E-state index contributed by atoms with van der Waals surface area (Å²) in [4.78, 5) is 10.1. The van der Waals surface area contributed by atoms with Crippen molar-refractivity contribution in [3.63, 3.8) is 0 Å². The van der Waals surface area contributed by atoms with E-state index in [2.05, 4.69) is 4.18 Å². The molecule has 0 aliphatic carbocycles. The lowest BCUT2D eigenvalue weighted by atomic mass is 10.2. The molecule has 7 heteroatoms. The summed E-state index contributed by atoms with van der Waals surface area (Å²) in [7, 11) is 0. The van der Waals surface area contributed by atoms with Crippen LogP contribution in [0.1, 0.15) is 6.42 Å². The highest BCUT2D eigenvalue weighted by Gasteiger charge is 2.17. The fourth-order valence-electron chi connectivity index (χ4n) is 0.439. The Morgan fingerprint density at radius 3 is 2.55 bits per heavy atom. The maximum Gasteiger partial charge on any atom is 0.305 e. The summed E-state index contributed by atoms with van der Waals surface area (Å²) in [5.74, 6) is -1.06. The van der Waals surface area contributed by atoms with E-state index in [0.717, 1.165) is 0 Å². The lowest BCUT2D eigenvalue weighted by molar-refractivity contribution is -0.137. The summed E-state index contributed by atoms with van der Waals surface area (Å²) in [5, 5.41) is 8.24. The topological polar surface area (TPSA) is 119 Å². The monoisotopic (exact) mass is 182 g/mol. The molecule has 0 aromatic carbocycles. The molecule has 0 aromatic heterocycles. The molecule has 6 N–H and O–H groups in total. The van der Waals surface area contributed by atoms with Gasteiger partial charge in [-0.15, -0.1) is 0 Å². The summed E-state index contributed by atoms with van der Waals surface area (Å²) in [5.41, 5.74) is 10.4. The van der Waals surface area contributed by atoms with Crippen molar-refractivity contribution < 1.29 is 18.6 Å². The number of hydrogen-bond acceptors (Lipinski definition) is 6. The zero-order valence-electron chi connectivity index (χ0n) is 5.64. The molecule has 6 nitrogen and oxygen atoms in total. The van der Waals surface area contributed by atoms with Crippen molar-refractivity contribution in [1.82, 2.24) is 0 Å². The van der Waals surface area contributed by atoms with E-state index in [-0.39, 0.29) is 18.7 Å². The predicted molar refractivity (Wildman–Crippen MR) is 39.5 cm³/mol. The van der Waals surface area contributed by atoms with E-state index in [1.54, 1.807) is 0 Å². The zero-order valence-corrected chi connectivity index (χ0v) is 6.45. The first kappa shape index (κ1) is 10.7. The molecular formula is C4H10N2O4S. The molecule has 2 unspecified atom stereocenters. The molecule has 0 rings (SSSR count). The van der Waals surface area contributed by atoms with Gasteiger partial charge < -0.3 is 21.1 Å². The van der Waals surface area contributed by atoms with E-state index in [4.69, 9.17) is 21.1 Å². The first-order valence-corrected chi connectivity index (χ1v) is 3.47. The third-order valence-electron chi connectivity index (χ3n) is 0.986. The number of aliphatic carboxylic acids is 1. The van der Waals surface area contributed by atoms with Crippen LogP contribution in [-0.4, -0.2) is 27.9 Å². The highest BCUT2D eigenvalue weighted by molar-refractivity contribution is 7.88. The lowest BCUT2D eigenvalue weighted by Crippen LogP contribution is -2.43. The second-order valence-corrected chi connectivity index (χ2v) is 2.24. The van der Waals surface area contributed by atoms with Gasteiger partial charge >= 0.3 is 5.97 Å². The van der Waals surface area contributed by atoms with E-state index in [1.165, 1.54) is 0 Å². The Kier molecular flexibility index (Phi) is 5.16. The van der Waals surface area contributed by atoms with E-state index >= 15 is 0 Å². The van der Waals surface area contributed by atoms with Crippen LogP contribution in [0, 0.1) is 0 Å². The fraction of sp³-hybridized carbons (Fsp3) is 0.750. The van der Waals surface area contributed by atoms with Crippen molar-refractivity contribution >= 4 is 18.3 Å². The Hall–Kier alpha value is -0.340. The number of carboxylic acids is 1. The van der Waals surface area contributed by atoms with Crippen LogP contribution < -0.4 is 11.5 Å². The van der Waals surface area contributed by atoms with Gasteiger partial charge in [0.05, 0.1) is 12.5 Å². The van der Waals surface area contributed by atoms with Crippen LogP contribution in [0.2, 0.25) is 0 Å². The number of rotatable bonds is 5.